The van der Waals surface area contributed by atoms with Crippen LogP contribution in [0.3, 0.4) is 0 Å². The van der Waals surface area contributed by atoms with Gasteiger partial charge in [0.05, 0.1) is 16.1 Å². The maximum Gasteiger partial charge on any atom is 0.261 e. The lowest BCUT2D eigenvalue weighted by molar-refractivity contribution is 0.0624. The van der Waals surface area contributed by atoms with Crippen LogP contribution in [0, 0.1) is 17.7 Å². The van der Waals surface area contributed by atoms with Crippen molar-refractivity contribution in [3.63, 3.8) is 0 Å². The first-order chi connectivity index (χ1) is 12.8. The van der Waals surface area contributed by atoms with E-state index in [2.05, 4.69) is 18.6 Å². The van der Waals surface area contributed by atoms with Crippen LogP contribution >= 0.6 is 0 Å². The number of rotatable bonds is 4. The number of piperidine rings is 1. The van der Waals surface area contributed by atoms with Crippen molar-refractivity contribution in [1.29, 1.82) is 0 Å². The Balaban J connectivity index is 1.88. The van der Waals surface area contributed by atoms with Gasteiger partial charge >= 0.3 is 0 Å². The SMILES string of the molecule is CC1CC(C)CN(C(=O)c2ccccc2NS(=O)(=O)c2ccc(F)cc2)C1. The largest absolute Gasteiger partial charge is 0.338 e. The number of anilines is 1. The number of nitrogens with zero attached hydrogens (tertiary/aromatic N) is 1. The Morgan fingerprint density at radius 2 is 1.63 bits per heavy atom. The van der Waals surface area contributed by atoms with E-state index in [1.54, 1.807) is 29.2 Å². The van der Waals surface area contributed by atoms with E-state index in [-0.39, 0.29) is 16.5 Å². The van der Waals surface area contributed by atoms with E-state index in [1.165, 1.54) is 12.1 Å². The third-order valence-corrected chi connectivity index (χ3v) is 6.06. The highest BCUT2D eigenvalue weighted by Gasteiger charge is 2.28. The third kappa shape index (κ3) is 4.47. The summed E-state index contributed by atoms with van der Waals surface area (Å²) >= 11 is 0. The number of halogens is 1. The van der Waals surface area contributed by atoms with Gasteiger partial charge in [0.1, 0.15) is 5.82 Å². The van der Waals surface area contributed by atoms with Gasteiger partial charge in [0, 0.05) is 13.1 Å². The molecule has 2 aromatic carbocycles. The van der Waals surface area contributed by atoms with Gasteiger partial charge in [-0.3, -0.25) is 9.52 Å². The highest BCUT2D eigenvalue weighted by Crippen LogP contribution is 2.26. The van der Waals surface area contributed by atoms with Crippen LogP contribution in [-0.4, -0.2) is 32.3 Å². The second-order valence-corrected chi connectivity index (χ2v) is 8.94. The Hall–Kier alpha value is -2.41. The van der Waals surface area contributed by atoms with Gasteiger partial charge in [-0.25, -0.2) is 12.8 Å². The fourth-order valence-corrected chi connectivity index (χ4v) is 4.65. The second-order valence-electron chi connectivity index (χ2n) is 7.26. The first-order valence-corrected chi connectivity index (χ1v) is 10.4. The molecule has 7 heteroatoms. The van der Waals surface area contributed by atoms with Crippen LogP contribution in [0.1, 0.15) is 30.6 Å². The van der Waals surface area contributed by atoms with Crippen LogP contribution in [0.5, 0.6) is 0 Å². The van der Waals surface area contributed by atoms with Gasteiger partial charge in [0.25, 0.3) is 15.9 Å². The number of nitrogens with one attached hydrogen (secondary N) is 1. The minimum absolute atomic E-state index is 0.0635. The van der Waals surface area contributed by atoms with E-state index < -0.39 is 15.8 Å². The Morgan fingerprint density at radius 1 is 1.04 bits per heavy atom. The molecule has 1 aliphatic heterocycles. The quantitative estimate of drug-likeness (QED) is 0.865. The summed E-state index contributed by atoms with van der Waals surface area (Å²) in [5, 5.41) is 0. The van der Waals surface area contributed by atoms with Crippen LogP contribution < -0.4 is 4.72 Å². The molecule has 144 valence electrons. The maximum atomic E-state index is 13.1. The van der Waals surface area contributed by atoms with Crippen molar-refractivity contribution in [2.24, 2.45) is 11.8 Å². The lowest BCUT2D eigenvalue weighted by Gasteiger charge is -2.35. The number of likely N-dealkylation sites (tertiary alicyclic amines) is 1. The molecule has 5 nitrogen and oxygen atoms in total. The first kappa shape index (κ1) is 19.4. The number of hydrogen-bond donors (Lipinski definition) is 1. The van der Waals surface area contributed by atoms with Gasteiger partial charge in [-0.1, -0.05) is 26.0 Å². The molecule has 1 aliphatic rings. The van der Waals surface area contributed by atoms with E-state index in [1.807, 2.05) is 0 Å². The van der Waals surface area contributed by atoms with E-state index in [4.69, 9.17) is 0 Å². The molecule has 0 radical (unpaired) electrons. The lowest BCUT2D eigenvalue weighted by Crippen LogP contribution is -2.42. The van der Waals surface area contributed by atoms with Gasteiger partial charge in [0.2, 0.25) is 0 Å². The zero-order valence-electron chi connectivity index (χ0n) is 15.4. The predicted molar refractivity (Wildman–Crippen MR) is 102 cm³/mol. The molecule has 0 saturated carbocycles. The van der Waals surface area contributed by atoms with Crippen LogP contribution in [-0.2, 0) is 10.0 Å². The van der Waals surface area contributed by atoms with Crippen LogP contribution in [0.4, 0.5) is 10.1 Å². The number of benzene rings is 2. The van der Waals surface area contributed by atoms with Crippen molar-refractivity contribution in [1.82, 2.24) is 4.90 Å². The van der Waals surface area contributed by atoms with Crippen molar-refractivity contribution in [2.75, 3.05) is 17.8 Å². The minimum Gasteiger partial charge on any atom is -0.338 e. The molecule has 1 amide bonds. The summed E-state index contributed by atoms with van der Waals surface area (Å²) in [6.45, 7) is 5.53. The number of carbonyl (C=O) groups is 1. The van der Waals surface area contributed by atoms with Gasteiger partial charge in [0.15, 0.2) is 0 Å². The van der Waals surface area contributed by atoms with Crippen molar-refractivity contribution in [2.45, 2.75) is 25.2 Å². The van der Waals surface area contributed by atoms with E-state index in [0.29, 0.717) is 30.5 Å². The summed E-state index contributed by atoms with van der Waals surface area (Å²) < 4.78 is 40.8. The van der Waals surface area contributed by atoms with E-state index >= 15 is 0 Å². The summed E-state index contributed by atoms with van der Waals surface area (Å²) in [5.74, 6) is 0.102. The predicted octanol–water partition coefficient (Wildman–Crippen LogP) is 3.74. The molecule has 1 heterocycles. The molecular formula is C20H23FN2O3S. The number of sulfonamides is 1. The molecule has 0 spiro atoms. The average molecular weight is 390 g/mol. The molecule has 0 bridgehead atoms. The highest BCUT2D eigenvalue weighted by molar-refractivity contribution is 7.92. The molecule has 3 rings (SSSR count). The fraction of sp³-hybridized carbons (Fsp3) is 0.350. The Bertz CT molecular complexity index is 918. The minimum atomic E-state index is -3.93. The number of hydrogen-bond acceptors (Lipinski definition) is 3. The van der Waals surface area contributed by atoms with E-state index in [0.717, 1.165) is 18.6 Å². The summed E-state index contributed by atoms with van der Waals surface area (Å²) in [6, 6.07) is 11.1. The molecule has 2 atom stereocenters. The van der Waals surface area contributed by atoms with Crippen molar-refractivity contribution in [3.05, 3.63) is 59.9 Å². The smallest absolute Gasteiger partial charge is 0.261 e. The zero-order chi connectivity index (χ0) is 19.6. The highest BCUT2D eigenvalue weighted by atomic mass is 32.2. The van der Waals surface area contributed by atoms with Crippen LogP contribution in [0.25, 0.3) is 0 Å². The fourth-order valence-electron chi connectivity index (χ4n) is 3.58. The van der Waals surface area contributed by atoms with Crippen molar-refractivity contribution >= 4 is 21.6 Å². The summed E-state index contributed by atoms with van der Waals surface area (Å²) in [4.78, 5) is 14.7. The van der Waals surface area contributed by atoms with Gasteiger partial charge in [-0.05, 0) is 54.7 Å². The van der Waals surface area contributed by atoms with Crippen LogP contribution in [0.2, 0.25) is 0 Å². The molecule has 1 fully saturated rings. The molecule has 0 aliphatic carbocycles. The number of carbonyl (C=O) groups excluding carboxylic acids is 1. The van der Waals surface area contributed by atoms with Gasteiger partial charge in [-0.2, -0.15) is 0 Å². The molecule has 2 unspecified atom stereocenters. The molecule has 0 aromatic heterocycles. The van der Waals surface area contributed by atoms with Crippen LogP contribution in [0.15, 0.2) is 53.4 Å². The molecule has 1 N–H and O–H groups in total. The molecule has 2 aromatic rings. The van der Waals surface area contributed by atoms with E-state index in [9.17, 15) is 17.6 Å². The average Bonchev–Trinajstić information content (AvgIpc) is 2.61. The standard InChI is InChI=1S/C20H23FN2O3S/c1-14-11-15(2)13-23(12-14)20(24)18-5-3-4-6-19(18)22-27(25,26)17-9-7-16(21)8-10-17/h3-10,14-15,22H,11-13H2,1-2H3. The number of para-hydroxylation sites is 1. The Morgan fingerprint density at radius 3 is 2.26 bits per heavy atom. The zero-order valence-corrected chi connectivity index (χ0v) is 16.2. The summed E-state index contributed by atoms with van der Waals surface area (Å²) in [6.07, 6.45) is 1.07. The molecule has 1 saturated heterocycles. The van der Waals surface area contributed by atoms with Gasteiger partial charge < -0.3 is 4.90 Å². The monoisotopic (exact) mass is 390 g/mol. The van der Waals surface area contributed by atoms with Gasteiger partial charge in [-0.15, -0.1) is 0 Å². The Labute approximate surface area is 159 Å². The second kappa shape index (κ2) is 7.68. The van der Waals surface area contributed by atoms with Crippen molar-refractivity contribution in [3.8, 4) is 0 Å². The Kier molecular flexibility index (Phi) is 5.51. The summed E-state index contributed by atoms with van der Waals surface area (Å²) in [7, 11) is -3.93. The normalized spacial score (nSPS) is 20.3. The van der Waals surface area contributed by atoms with Crippen molar-refractivity contribution < 1.29 is 17.6 Å². The first-order valence-electron chi connectivity index (χ1n) is 8.93. The molecule has 27 heavy (non-hydrogen) atoms. The third-order valence-electron chi connectivity index (χ3n) is 4.68. The lowest BCUT2D eigenvalue weighted by atomic mass is 9.91. The molecular weight excluding hydrogens is 367 g/mol. The topological polar surface area (TPSA) is 66.5 Å². The maximum absolute atomic E-state index is 13.1. The summed E-state index contributed by atoms with van der Waals surface area (Å²) in [5.41, 5.74) is 0.530. The number of amides is 1.